The fraction of sp³-hybridized carbons (Fsp3) is 0.808. The van der Waals surface area contributed by atoms with Crippen molar-refractivity contribution in [1.82, 2.24) is 15.8 Å². The lowest BCUT2D eigenvalue weighted by molar-refractivity contribution is -0.133. The Bertz CT molecular complexity index is 870. The fourth-order valence-electron chi connectivity index (χ4n) is 6.64. The number of nitrogens with zero attached hydrogens (tertiary/aromatic N) is 1. The second-order valence-corrected chi connectivity index (χ2v) is 12.6. The molecule has 0 aliphatic heterocycles. The van der Waals surface area contributed by atoms with Gasteiger partial charge in [0.15, 0.2) is 0 Å². The van der Waals surface area contributed by atoms with E-state index in [-0.39, 0.29) is 41.4 Å². The molecule has 4 aliphatic rings. The lowest BCUT2D eigenvalue weighted by Crippen LogP contribution is -2.55. The van der Waals surface area contributed by atoms with E-state index in [0.29, 0.717) is 42.7 Å². The van der Waals surface area contributed by atoms with Gasteiger partial charge in [-0.3, -0.25) is 9.59 Å². The van der Waals surface area contributed by atoms with Crippen molar-refractivity contribution < 1.29 is 18.8 Å². The summed E-state index contributed by atoms with van der Waals surface area (Å²) in [5.41, 5.74) is 4.86. The van der Waals surface area contributed by atoms with E-state index in [0.717, 1.165) is 11.8 Å². The van der Waals surface area contributed by atoms with E-state index >= 15 is 0 Å². The van der Waals surface area contributed by atoms with E-state index < -0.39 is 5.41 Å². The predicted octanol–water partition coefficient (Wildman–Crippen LogP) is 3.99. The molecular weight excluding hydrogens is 464 g/mol. The normalized spacial score (nSPS) is 27.3. The van der Waals surface area contributed by atoms with E-state index in [1.54, 1.807) is 0 Å². The molecule has 1 aromatic heterocycles. The lowest BCUT2D eigenvalue weighted by Gasteiger charge is -2.54. The minimum Gasteiger partial charge on any atom is -0.474 e. The maximum Gasteiger partial charge on any atom is 0.291 e. The molecule has 9 heteroatoms. The molecule has 0 aromatic carbocycles. The van der Waals surface area contributed by atoms with Crippen LogP contribution in [0.15, 0.2) is 9.42 Å². The van der Waals surface area contributed by atoms with Crippen LogP contribution in [0.5, 0.6) is 5.88 Å². The van der Waals surface area contributed by atoms with Crippen molar-refractivity contribution in [3.05, 3.63) is 5.76 Å². The zero-order valence-electron chi connectivity index (χ0n) is 21.6. The number of amides is 2. The molecule has 1 aromatic rings. The zero-order chi connectivity index (χ0) is 25.2. The summed E-state index contributed by atoms with van der Waals surface area (Å²) in [5.74, 6) is 3.09. The van der Waals surface area contributed by atoms with Crippen LogP contribution >= 0.6 is 11.8 Å². The third-order valence-corrected chi connectivity index (χ3v) is 9.52. The van der Waals surface area contributed by atoms with Gasteiger partial charge in [0, 0.05) is 24.4 Å². The minimum absolute atomic E-state index is 0.0747. The molecule has 4 aliphatic carbocycles. The van der Waals surface area contributed by atoms with Crippen molar-refractivity contribution in [2.24, 2.45) is 34.8 Å². The standard InChI is InChI=1S/C26H42N4O4S/c1-5-26(6-2,25(32)28-8-7-27)14-33-24-22(35-15(3)4)21(34-30-24)23(31)29-20-18-10-16-9-17(12-18)13-19(20)11-16/h15-20H,5-14,27H2,1-4H3,(H,28,32)(H,29,31). The van der Waals surface area contributed by atoms with Gasteiger partial charge in [-0.15, -0.1) is 11.8 Å². The van der Waals surface area contributed by atoms with Crippen molar-refractivity contribution >= 4 is 23.6 Å². The molecule has 4 saturated carbocycles. The van der Waals surface area contributed by atoms with Crippen LogP contribution in [0.1, 0.15) is 83.2 Å². The highest BCUT2D eigenvalue weighted by Crippen LogP contribution is 2.53. The monoisotopic (exact) mass is 506 g/mol. The number of rotatable bonds is 12. The van der Waals surface area contributed by atoms with Crippen LogP contribution < -0.4 is 21.1 Å². The van der Waals surface area contributed by atoms with Gasteiger partial charge >= 0.3 is 0 Å². The van der Waals surface area contributed by atoms with Crippen molar-refractivity contribution in [2.75, 3.05) is 19.7 Å². The average Bonchev–Trinajstić information content (AvgIpc) is 3.22. The molecule has 35 heavy (non-hydrogen) atoms. The number of carbonyl (C=O) groups is 2. The second kappa shape index (κ2) is 11.1. The Labute approximate surface area is 213 Å². The van der Waals surface area contributed by atoms with Crippen molar-refractivity contribution in [1.29, 1.82) is 0 Å². The summed E-state index contributed by atoms with van der Waals surface area (Å²) in [6.45, 7) is 9.04. The van der Waals surface area contributed by atoms with E-state index in [2.05, 4.69) is 29.6 Å². The number of carbonyl (C=O) groups excluding carboxylic acids is 2. The van der Waals surface area contributed by atoms with Crippen molar-refractivity contribution in [3.8, 4) is 5.88 Å². The highest BCUT2D eigenvalue weighted by molar-refractivity contribution is 8.00. The third kappa shape index (κ3) is 5.50. The van der Waals surface area contributed by atoms with Crippen LogP contribution in [0.2, 0.25) is 0 Å². The summed E-state index contributed by atoms with van der Waals surface area (Å²) in [4.78, 5) is 26.9. The van der Waals surface area contributed by atoms with Gasteiger partial charge in [0.1, 0.15) is 11.5 Å². The first-order chi connectivity index (χ1) is 16.8. The Balaban J connectivity index is 1.48. The van der Waals surface area contributed by atoms with Gasteiger partial charge in [0.2, 0.25) is 11.7 Å². The number of aromatic nitrogens is 1. The molecule has 4 N–H and O–H groups in total. The van der Waals surface area contributed by atoms with Gasteiger partial charge in [-0.2, -0.15) is 0 Å². The smallest absolute Gasteiger partial charge is 0.291 e. The predicted molar refractivity (Wildman–Crippen MR) is 136 cm³/mol. The SMILES string of the molecule is CCC(CC)(COc1noc(C(=O)NC2C3CC4CC(C3)CC2C4)c1SC(C)C)C(=O)NCCN. The molecule has 0 saturated heterocycles. The quantitative estimate of drug-likeness (QED) is 0.367. The summed E-state index contributed by atoms with van der Waals surface area (Å²) in [7, 11) is 0. The summed E-state index contributed by atoms with van der Waals surface area (Å²) in [6.07, 6.45) is 7.55. The molecule has 0 atom stereocenters. The lowest BCUT2D eigenvalue weighted by atomic mass is 9.54. The summed E-state index contributed by atoms with van der Waals surface area (Å²) < 4.78 is 11.7. The van der Waals surface area contributed by atoms with Crippen LogP contribution in [0.3, 0.4) is 0 Å². The van der Waals surface area contributed by atoms with Gasteiger partial charge < -0.3 is 25.6 Å². The molecule has 0 unspecified atom stereocenters. The molecule has 8 nitrogen and oxygen atoms in total. The first-order valence-corrected chi connectivity index (χ1v) is 14.3. The number of hydrogen-bond acceptors (Lipinski definition) is 7. The van der Waals surface area contributed by atoms with Crippen molar-refractivity contribution in [3.63, 3.8) is 0 Å². The molecule has 0 radical (unpaired) electrons. The molecule has 1 heterocycles. The maximum absolute atomic E-state index is 13.4. The van der Waals surface area contributed by atoms with Crippen LogP contribution in [0.4, 0.5) is 0 Å². The van der Waals surface area contributed by atoms with Crippen LogP contribution in [0.25, 0.3) is 0 Å². The number of hydrogen-bond donors (Lipinski definition) is 3. The van der Waals surface area contributed by atoms with Gasteiger partial charge in [0.25, 0.3) is 11.8 Å². The maximum atomic E-state index is 13.4. The zero-order valence-corrected chi connectivity index (χ0v) is 22.4. The Morgan fingerprint density at radius 3 is 2.31 bits per heavy atom. The van der Waals surface area contributed by atoms with Gasteiger partial charge in [-0.1, -0.05) is 27.7 Å². The van der Waals surface area contributed by atoms with E-state index in [1.807, 2.05) is 13.8 Å². The molecule has 0 spiro atoms. The average molecular weight is 507 g/mol. The summed E-state index contributed by atoms with van der Waals surface area (Å²) in [6, 6.07) is 0.223. The largest absolute Gasteiger partial charge is 0.474 e. The molecular formula is C26H42N4O4S. The third-order valence-electron chi connectivity index (χ3n) is 8.45. The van der Waals surface area contributed by atoms with E-state index in [1.165, 1.54) is 43.9 Å². The Hall–Kier alpha value is -1.74. The van der Waals surface area contributed by atoms with Crippen molar-refractivity contribution in [2.45, 2.75) is 88.8 Å². The number of nitrogens with two attached hydrogens (primary N) is 1. The fourth-order valence-corrected chi connectivity index (χ4v) is 7.55. The van der Waals surface area contributed by atoms with Gasteiger partial charge in [-0.25, -0.2) is 0 Å². The summed E-state index contributed by atoms with van der Waals surface area (Å²) in [5, 5.41) is 10.6. The first kappa shape index (κ1) is 26.3. The highest BCUT2D eigenvalue weighted by atomic mass is 32.2. The topological polar surface area (TPSA) is 119 Å². The van der Waals surface area contributed by atoms with E-state index in [9.17, 15) is 9.59 Å². The van der Waals surface area contributed by atoms with Crippen LogP contribution in [-0.2, 0) is 4.79 Å². The molecule has 196 valence electrons. The highest BCUT2D eigenvalue weighted by Gasteiger charge is 2.49. The molecule has 5 rings (SSSR count). The Kier molecular flexibility index (Phi) is 8.36. The number of ether oxygens (including phenoxy) is 1. The number of nitrogens with one attached hydrogen (secondary N) is 2. The van der Waals surface area contributed by atoms with Crippen LogP contribution in [-0.4, -0.2) is 48.0 Å². The molecule has 4 fully saturated rings. The van der Waals surface area contributed by atoms with Crippen LogP contribution in [0, 0.1) is 29.1 Å². The molecule has 2 amide bonds. The Morgan fingerprint density at radius 2 is 1.77 bits per heavy atom. The first-order valence-electron chi connectivity index (χ1n) is 13.4. The van der Waals surface area contributed by atoms with Gasteiger partial charge in [-0.05, 0) is 73.8 Å². The van der Waals surface area contributed by atoms with Gasteiger partial charge in [0.05, 0.1) is 5.41 Å². The second-order valence-electron chi connectivity index (χ2n) is 11.1. The minimum atomic E-state index is -0.698. The molecule has 4 bridgehead atoms. The Morgan fingerprint density at radius 1 is 1.14 bits per heavy atom. The number of thioether (sulfide) groups is 1. The van der Waals surface area contributed by atoms with E-state index in [4.69, 9.17) is 15.0 Å². The summed E-state index contributed by atoms with van der Waals surface area (Å²) >= 11 is 1.51.